The summed E-state index contributed by atoms with van der Waals surface area (Å²) >= 11 is 1.40. The van der Waals surface area contributed by atoms with Crippen molar-refractivity contribution in [1.29, 1.82) is 10.5 Å². The summed E-state index contributed by atoms with van der Waals surface area (Å²) in [5.41, 5.74) is 2.78. The van der Waals surface area contributed by atoms with Gasteiger partial charge < -0.3 is 19.9 Å². The van der Waals surface area contributed by atoms with E-state index >= 15 is 0 Å². The van der Waals surface area contributed by atoms with E-state index in [0.29, 0.717) is 33.2 Å². The van der Waals surface area contributed by atoms with Crippen LogP contribution in [0, 0.1) is 22.7 Å². The molecule has 0 bridgehead atoms. The number of carboxylic acid groups (broad SMARTS) is 1. The van der Waals surface area contributed by atoms with E-state index in [-0.39, 0.29) is 17.7 Å². The highest BCUT2D eigenvalue weighted by Gasteiger charge is 2.22. The van der Waals surface area contributed by atoms with E-state index in [1.165, 1.54) is 36.7 Å². The van der Waals surface area contributed by atoms with Gasteiger partial charge in [0.05, 0.1) is 18.2 Å². The molecule has 37 heavy (non-hydrogen) atoms. The molecular weight excluding hydrogens is 490 g/mol. The Labute approximate surface area is 218 Å². The van der Waals surface area contributed by atoms with Gasteiger partial charge in [-0.15, -0.1) is 11.3 Å². The Hall–Kier alpha value is -4.60. The largest absolute Gasteiger partial charge is 0.493 e. The molecule has 0 fully saturated rings. The lowest BCUT2D eigenvalue weighted by atomic mass is 9.96. The lowest BCUT2D eigenvalue weighted by Gasteiger charge is -2.12. The first-order valence-corrected chi connectivity index (χ1v) is 12.4. The first-order chi connectivity index (χ1) is 17.9. The van der Waals surface area contributed by atoms with Crippen LogP contribution in [0.15, 0.2) is 48.0 Å². The summed E-state index contributed by atoms with van der Waals surface area (Å²) in [7, 11) is 1.47. The van der Waals surface area contributed by atoms with Crippen molar-refractivity contribution in [3.8, 4) is 23.6 Å². The molecule has 0 atom stereocenters. The lowest BCUT2D eigenvalue weighted by molar-refractivity contribution is -0.112. The molecular formula is C28H23N3O5S. The number of fused-ring (bicyclic) bond motifs is 1. The van der Waals surface area contributed by atoms with Crippen molar-refractivity contribution in [3.63, 3.8) is 0 Å². The zero-order valence-corrected chi connectivity index (χ0v) is 20.9. The number of carbonyl (C=O) groups is 2. The minimum absolute atomic E-state index is 0.114. The molecule has 1 aliphatic carbocycles. The number of hydrogen-bond donors (Lipinski definition) is 2. The Morgan fingerprint density at radius 1 is 1.14 bits per heavy atom. The van der Waals surface area contributed by atoms with Crippen LogP contribution in [0.4, 0.5) is 5.00 Å². The summed E-state index contributed by atoms with van der Waals surface area (Å²) in [6, 6.07) is 15.6. The highest BCUT2D eigenvalue weighted by molar-refractivity contribution is 7.16. The van der Waals surface area contributed by atoms with Crippen molar-refractivity contribution in [2.24, 2.45) is 0 Å². The molecule has 1 aliphatic rings. The van der Waals surface area contributed by atoms with E-state index < -0.39 is 11.9 Å². The molecule has 3 aromatic rings. The number of ether oxygens (including phenoxy) is 2. The fraction of sp³-hybridized carbons (Fsp3) is 0.214. The second kappa shape index (κ2) is 11.4. The third-order valence-corrected chi connectivity index (χ3v) is 7.15. The third-order valence-electron chi connectivity index (χ3n) is 5.94. The van der Waals surface area contributed by atoms with E-state index in [2.05, 4.69) is 11.4 Å². The fourth-order valence-corrected chi connectivity index (χ4v) is 5.34. The Bertz CT molecular complexity index is 1480. The molecule has 9 heteroatoms. The van der Waals surface area contributed by atoms with Crippen LogP contribution in [0.25, 0.3) is 6.08 Å². The number of rotatable bonds is 8. The number of methoxy groups -OCH3 is 1. The van der Waals surface area contributed by atoms with Crippen molar-refractivity contribution >= 4 is 34.3 Å². The summed E-state index contributed by atoms with van der Waals surface area (Å²) in [6.45, 7) is 0.129. The second-order valence-corrected chi connectivity index (χ2v) is 9.46. The molecule has 1 aromatic heterocycles. The normalized spacial score (nSPS) is 12.6. The van der Waals surface area contributed by atoms with Gasteiger partial charge in [0.1, 0.15) is 29.3 Å². The second-order valence-electron chi connectivity index (χ2n) is 8.36. The molecule has 8 nitrogen and oxygen atoms in total. The van der Waals surface area contributed by atoms with E-state index in [9.17, 15) is 20.1 Å². The van der Waals surface area contributed by atoms with Gasteiger partial charge in [-0.2, -0.15) is 10.5 Å². The molecule has 2 aromatic carbocycles. The number of nitriles is 2. The zero-order chi connectivity index (χ0) is 26.4. The van der Waals surface area contributed by atoms with Gasteiger partial charge in [-0.25, -0.2) is 4.79 Å². The zero-order valence-electron chi connectivity index (χ0n) is 20.0. The fourth-order valence-electron chi connectivity index (χ4n) is 4.11. The number of aryl methyl sites for hydroxylation is 1. The maximum absolute atomic E-state index is 12.9. The van der Waals surface area contributed by atoms with Crippen LogP contribution in [-0.4, -0.2) is 24.1 Å². The number of hydrogen-bond acceptors (Lipinski definition) is 7. The Kier molecular flexibility index (Phi) is 7.87. The number of amides is 1. The monoisotopic (exact) mass is 513 g/mol. The van der Waals surface area contributed by atoms with Crippen LogP contribution < -0.4 is 14.8 Å². The van der Waals surface area contributed by atoms with Crippen LogP contribution in [-0.2, 0) is 24.2 Å². The number of nitrogens with one attached hydrogen (secondary N) is 1. The maximum Gasteiger partial charge on any atom is 0.335 e. The number of carboxylic acids is 1. The summed E-state index contributed by atoms with van der Waals surface area (Å²) < 4.78 is 11.2. The Morgan fingerprint density at radius 2 is 1.95 bits per heavy atom. The third kappa shape index (κ3) is 5.80. The van der Waals surface area contributed by atoms with Gasteiger partial charge >= 0.3 is 5.97 Å². The van der Waals surface area contributed by atoms with Crippen LogP contribution in [0.2, 0.25) is 0 Å². The van der Waals surface area contributed by atoms with E-state index in [1.807, 2.05) is 6.07 Å². The molecule has 1 heterocycles. The predicted octanol–water partition coefficient (Wildman–Crippen LogP) is 5.33. The number of anilines is 1. The van der Waals surface area contributed by atoms with Crippen LogP contribution in [0.5, 0.6) is 11.5 Å². The van der Waals surface area contributed by atoms with Crippen molar-refractivity contribution in [3.05, 3.63) is 80.7 Å². The van der Waals surface area contributed by atoms with Crippen molar-refractivity contribution in [2.75, 3.05) is 12.4 Å². The number of thiophene rings is 1. The average molecular weight is 514 g/mol. The van der Waals surface area contributed by atoms with Crippen LogP contribution >= 0.6 is 11.3 Å². The van der Waals surface area contributed by atoms with Crippen molar-refractivity contribution in [1.82, 2.24) is 0 Å². The summed E-state index contributed by atoms with van der Waals surface area (Å²) in [5.74, 6) is -0.796. The van der Waals surface area contributed by atoms with Crippen LogP contribution in [0.3, 0.4) is 0 Å². The van der Waals surface area contributed by atoms with Gasteiger partial charge in [0.25, 0.3) is 5.91 Å². The van der Waals surface area contributed by atoms with E-state index in [1.54, 1.807) is 30.3 Å². The molecule has 4 rings (SSSR count). The quantitative estimate of drug-likeness (QED) is 0.307. The molecule has 0 spiro atoms. The molecule has 186 valence electrons. The molecule has 1 amide bonds. The Morgan fingerprint density at radius 3 is 2.68 bits per heavy atom. The van der Waals surface area contributed by atoms with Gasteiger partial charge in [-0.05, 0) is 72.7 Å². The van der Waals surface area contributed by atoms with Gasteiger partial charge in [-0.3, -0.25) is 4.79 Å². The van der Waals surface area contributed by atoms with Gasteiger partial charge in [0.15, 0.2) is 11.5 Å². The maximum atomic E-state index is 12.9. The SMILES string of the molecule is COc1cc(/C=C(\C#N)C(=O)Nc2sc3c(c2C#N)CCCC3)ccc1OCc1cccc(C(=O)O)c1. The number of carbonyl (C=O) groups excluding carboxylic acids is 1. The van der Waals surface area contributed by atoms with E-state index in [4.69, 9.17) is 14.6 Å². The van der Waals surface area contributed by atoms with Gasteiger partial charge in [-0.1, -0.05) is 18.2 Å². The molecule has 0 saturated heterocycles. The highest BCUT2D eigenvalue weighted by Crippen LogP contribution is 2.38. The van der Waals surface area contributed by atoms with Crippen LogP contribution in [0.1, 0.15) is 50.3 Å². The molecule has 0 saturated carbocycles. The standard InChI is InChI=1S/C28H23N3O5S/c1-35-24-13-17(9-10-23(24)36-16-18-5-4-6-19(12-18)28(33)34)11-20(14-29)26(32)31-27-22(15-30)21-7-2-3-8-25(21)37-27/h4-6,9-13H,2-3,7-8,16H2,1H3,(H,31,32)(H,33,34)/b20-11+. The van der Waals surface area contributed by atoms with E-state index in [0.717, 1.165) is 36.1 Å². The summed E-state index contributed by atoms with van der Waals surface area (Å²) in [5, 5.41) is 31.6. The number of benzene rings is 2. The molecule has 0 unspecified atom stereocenters. The van der Waals surface area contributed by atoms with Gasteiger partial charge in [0.2, 0.25) is 0 Å². The summed E-state index contributed by atoms with van der Waals surface area (Å²) in [6.07, 6.45) is 5.24. The topological polar surface area (TPSA) is 132 Å². The van der Waals surface area contributed by atoms with Crippen molar-refractivity contribution < 1.29 is 24.2 Å². The molecule has 2 N–H and O–H groups in total. The molecule has 0 aliphatic heterocycles. The minimum Gasteiger partial charge on any atom is -0.493 e. The minimum atomic E-state index is -1.02. The number of nitrogens with zero attached hydrogens (tertiary/aromatic N) is 2. The first-order valence-electron chi connectivity index (χ1n) is 11.5. The van der Waals surface area contributed by atoms with Gasteiger partial charge in [0, 0.05) is 4.88 Å². The first kappa shape index (κ1) is 25.5. The smallest absolute Gasteiger partial charge is 0.335 e. The molecule has 0 radical (unpaired) electrons. The number of aromatic carboxylic acids is 1. The summed E-state index contributed by atoms with van der Waals surface area (Å²) in [4.78, 5) is 25.2. The lowest BCUT2D eigenvalue weighted by Crippen LogP contribution is -2.13. The predicted molar refractivity (Wildman–Crippen MR) is 139 cm³/mol. The Balaban J connectivity index is 1.50. The highest BCUT2D eigenvalue weighted by atomic mass is 32.1. The van der Waals surface area contributed by atoms with Crippen molar-refractivity contribution in [2.45, 2.75) is 32.3 Å². The average Bonchev–Trinajstić information content (AvgIpc) is 3.27.